The highest BCUT2D eigenvalue weighted by molar-refractivity contribution is 5.66. The van der Waals surface area contributed by atoms with Gasteiger partial charge >= 0.3 is 12.1 Å². The van der Waals surface area contributed by atoms with Gasteiger partial charge in [0.05, 0.1) is 6.61 Å². The Morgan fingerprint density at radius 3 is 2.44 bits per heavy atom. The average molecular weight is 257 g/mol. The number of ether oxygens (including phenoxy) is 1. The van der Waals surface area contributed by atoms with Crippen LogP contribution in [0.1, 0.15) is 32.6 Å². The van der Waals surface area contributed by atoms with Gasteiger partial charge in [-0.05, 0) is 19.3 Å². The predicted molar refractivity (Wildman–Crippen MR) is 63.2 cm³/mol. The van der Waals surface area contributed by atoms with E-state index in [0.29, 0.717) is 38.8 Å². The number of rotatable bonds is 5. The molecular weight excluding hydrogens is 238 g/mol. The molecule has 102 valence electrons. The van der Waals surface area contributed by atoms with Crippen LogP contribution in [0.5, 0.6) is 0 Å². The second-order valence-corrected chi connectivity index (χ2v) is 4.76. The number of nitrogens with zero attached hydrogens (tertiary/aromatic N) is 1. The minimum Gasteiger partial charge on any atom is -0.465 e. The zero-order valence-electron chi connectivity index (χ0n) is 10.6. The lowest BCUT2D eigenvalue weighted by atomic mass is 9.75. The fourth-order valence-electron chi connectivity index (χ4n) is 2.26. The summed E-state index contributed by atoms with van der Waals surface area (Å²) >= 11 is 0. The molecule has 0 spiro atoms. The first-order chi connectivity index (χ1) is 8.49. The van der Waals surface area contributed by atoms with Crippen molar-refractivity contribution in [2.45, 2.75) is 32.6 Å². The van der Waals surface area contributed by atoms with E-state index >= 15 is 0 Å². The molecule has 18 heavy (non-hydrogen) atoms. The second-order valence-electron chi connectivity index (χ2n) is 4.76. The molecule has 0 unspecified atom stereocenters. The predicted octanol–water partition coefficient (Wildman–Crippen LogP) is 1.29. The van der Waals surface area contributed by atoms with E-state index in [2.05, 4.69) is 0 Å². The van der Waals surface area contributed by atoms with Crippen molar-refractivity contribution in [2.24, 2.45) is 5.41 Å². The van der Waals surface area contributed by atoms with Gasteiger partial charge in [-0.3, -0.25) is 4.79 Å². The van der Waals surface area contributed by atoms with Gasteiger partial charge in [-0.25, -0.2) is 4.79 Å². The van der Waals surface area contributed by atoms with Crippen molar-refractivity contribution >= 4 is 18.3 Å². The number of carboxylic acid groups (broad SMARTS) is 1. The van der Waals surface area contributed by atoms with Crippen LogP contribution in [0.3, 0.4) is 0 Å². The summed E-state index contributed by atoms with van der Waals surface area (Å²) in [5.41, 5.74) is -0.251. The maximum atomic E-state index is 10.9. The fraction of sp³-hybridized carbons (Fsp3) is 0.750. The zero-order chi connectivity index (χ0) is 13.6. The first kappa shape index (κ1) is 14.5. The van der Waals surface area contributed by atoms with Crippen molar-refractivity contribution in [1.82, 2.24) is 4.90 Å². The molecule has 1 saturated heterocycles. The van der Waals surface area contributed by atoms with Gasteiger partial charge in [0.25, 0.3) is 0 Å². The quantitative estimate of drug-likeness (QED) is 0.592. The first-order valence-corrected chi connectivity index (χ1v) is 6.04. The average Bonchev–Trinajstić information content (AvgIpc) is 2.35. The monoisotopic (exact) mass is 257 g/mol. The number of aldehydes is 1. The molecule has 1 N–H and O–H groups in total. The van der Waals surface area contributed by atoms with Crippen LogP contribution in [0.2, 0.25) is 0 Å². The van der Waals surface area contributed by atoms with Crippen molar-refractivity contribution in [3.63, 3.8) is 0 Å². The van der Waals surface area contributed by atoms with Crippen LogP contribution in [-0.2, 0) is 14.3 Å². The number of likely N-dealkylation sites (tertiary alicyclic amines) is 1. The molecule has 1 heterocycles. The number of esters is 1. The van der Waals surface area contributed by atoms with E-state index in [-0.39, 0.29) is 18.0 Å². The van der Waals surface area contributed by atoms with Crippen molar-refractivity contribution < 1.29 is 24.2 Å². The molecule has 1 aliphatic heterocycles. The molecule has 6 heteroatoms. The highest BCUT2D eigenvalue weighted by Gasteiger charge is 2.36. The van der Waals surface area contributed by atoms with Crippen LogP contribution in [0.15, 0.2) is 0 Å². The van der Waals surface area contributed by atoms with Crippen molar-refractivity contribution in [3.8, 4) is 0 Å². The summed E-state index contributed by atoms with van der Waals surface area (Å²) in [5, 5.41) is 8.89. The van der Waals surface area contributed by atoms with Gasteiger partial charge in [-0.1, -0.05) is 0 Å². The number of carbonyl (C=O) groups excluding carboxylic acids is 2. The zero-order valence-corrected chi connectivity index (χ0v) is 10.6. The third kappa shape index (κ3) is 4.01. The van der Waals surface area contributed by atoms with E-state index in [0.717, 1.165) is 6.29 Å². The summed E-state index contributed by atoms with van der Waals surface area (Å²) in [6.45, 7) is 2.47. The van der Waals surface area contributed by atoms with Crippen molar-refractivity contribution in [2.75, 3.05) is 19.7 Å². The van der Waals surface area contributed by atoms with Crippen LogP contribution in [-0.4, -0.2) is 48.1 Å². The molecule has 0 radical (unpaired) electrons. The molecular formula is C12H19NO5. The number of amides is 1. The summed E-state index contributed by atoms with van der Waals surface area (Å²) in [5.74, 6) is -0.346. The Balaban J connectivity index is 2.59. The maximum absolute atomic E-state index is 10.9. The number of carbonyl (C=O) groups is 3. The van der Waals surface area contributed by atoms with Gasteiger partial charge in [0.15, 0.2) is 0 Å². The SMILES string of the molecule is CC(=O)OCC1(CCC=O)CCN(C(=O)O)CC1. The standard InChI is InChI=1S/C12H19NO5/c1-10(15)18-9-12(3-2-8-14)4-6-13(7-5-12)11(16)17/h8H,2-7,9H2,1H3,(H,16,17). The van der Waals surface area contributed by atoms with Gasteiger partial charge < -0.3 is 19.5 Å². The Labute approximate surface area is 106 Å². The van der Waals surface area contributed by atoms with E-state index < -0.39 is 6.09 Å². The summed E-state index contributed by atoms with van der Waals surface area (Å²) < 4.78 is 5.06. The normalized spacial score (nSPS) is 18.2. The molecule has 0 aromatic carbocycles. The van der Waals surface area contributed by atoms with Crippen LogP contribution in [0.4, 0.5) is 4.79 Å². The fourth-order valence-corrected chi connectivity index (χ4v) is 2.26. The van der Waals surface area contributed by atoms with E-state index in [9.17, 15) is 14.4 Å². The lowest BCUT2D eigenvalue weighted by Crippen LogP contribution is -2.44. The van der Waals surface area contributed by atoms with Crippen LogP contribution >= 0.6 is 0 Å². The van der Waals surface area contributed by atoms with E-state index in [1.54, 1.807) is 0 Å². The van der Waals surface area contributed by atoms with Gasteiger partial charge in [0, 0.05) is 31.8 Å². The minimum atomic E-state index is -0.925. The van der Waals surface area contributed by atoms with E-state index in [1.807, 2.05) is 0 Å². The van der Waals surface area contributed by atoms with Crippen molar-refractivity contribution in [1.29, 1.82) is 0 Å². The largest absolute Gasteiger partial charge is 0.465 e. The Hall–Kier alpha value is -1.59. The first-order valence-electron chi connectivity index (χ1n) is 6.04. The third-order valence-electron chi connectivity index (χ3n) is 3.47. The second kappa shape index (κ2) is 6.37. The number of hydrogen-bond acceptors (Lipinski definition) is 4. The Kier molecular flexibility index (Phi) is 5.12. The summed E-state index contributed by atoms with van der Waals surface area (Å²) in [4.78, 5) is 33.6. The van der Waals surface area contributed by atoms with Crippen LogP contribution in [0, 0.1) is 5.41 Å². The minimum absolute atomic E-state index is 0.251. The van der Waals surface area contributed by atoms with Crippen molar-refractivity contribution in [3.05, 3.63) is 0 Å². The lowest BCUT2D eigenvalue weighted by molar-refractivity contribution is -0.146. The molecule has 0 bridgehead atoms. The molecule has 1 fully saturated rings. The Morgan fingerprint density at radius 2 is 2.00 bits per heavy atom. The smallest absolute Gasteiger partial charge is 0.407 e. The number of hydrogen-bond donors (Lipinski definition) is 1. The Morgan fingerprint density at radius 1 is 1.39 bits per heavy atom. The highest BCUT2D eigenvalue weighted by atomic mass is 16.5. The molecule has 0 atom stereocenters. The molecule has 0 saturated carbocycles. The van der Waals surface area contributed by atoms with E-state index in [1.165, 1.54) is 11.8 Å². The van der Waals surface area contributed by atoms with Crippen LogP contribution < -0.4 is 0 Å². The third-order valence-corrected chi connectivity index (χ3v) is 3.47. The molecule has 6 nitrogen and oxygen atoms in total. The maximum Gasteiger partial charge on any atom is 0.407 e. The molecule has 1 rings (SSSR count). The molecule has 1 amide bonds. The van der Waals surface area contributed by atoms with Gasteiger partial charge in [-0.2, -0.15) is 0 Å². The topological polar surface area (TPSA) is 83.9 Å². The van der Waals surface area contributed by atoms with Gasteiger partial charge in [-0.15, -0.1) is 0 Å². The highest BCUT2D eigenvalue weighted by Crippen LogP contribution is 2.36. The number of piperidine rings is 1. The lowest BCUT2D eigenvalue weighted by Gasteiger charge is -2.40. The van der Waals surface area contributed by atoms with Crippen LogP contribution in [0.25, 0.3) is 0 Å². The summed E-state index contributed by atoms with van der Waals surface area (Å²) in [7, 11) is 0. The summed E-state index contributed by atoms with van der Waals surface area (Å²) in [6.07, 6.45) is 2.22. The Bertz CT molecular complexity index is 320. The molecule has 0 aromatic heterocycles. The van der Waals surface area contributed by atoms with E-state index in [4.69, 9.17) is 9.84 Å². The van der Waals surface area contributed by atoms with Gasteiger partial charge in [0.2, 0.25) is 0 Å². The summed E-state index contributed by atoms with van der Waals surface area (Å²) in [6, 6.07) is 0. The molecule has 0 aromatic rings. The molecule has 0 aliphatic carbocycles. The van der Waals surface area contributed by atoms with Gasteiger partial charge in [0.1, 0.15) is 6.29 Å². The molecule has 1 aliphatic rings.